The van der Waals surface area contributed by atoms with Crippen LogP contribution in [-0.2, 0) is 6.54 Å². The number of nitrogens with zero attached hydrogens (tertiary/aromatic N) is 6. The third-order valence-corrected chi connectivity index (χ3v) is 7.06. The van der Waals surface area contributed by atoms with Crippen molar-refractivity contribution in [3.63, 3.8) is 0 Å². The fraction of sp³-hybridized carbons (Fsp3) is 0.455. The van der Waals surface area contributed by atoms with Crippen LogP contribution in [0.2, 0.25) is 10.0 Å². The van der Waals surface area contributed by atoms with Crippen molar-refractivity contribution in [3.8, 4) is 11.5 Å². The van der Waals surface area contributed by atoms with Crippen molar-refractivity contribution < 1.29 is 14.0 Å². The molecule has 2 aliphatic rings. The number of aromatic nitrogens is 4. The van der Waals surface area contributed by atoms with E-state index in [9.17, 15) is 4.39 Å². The molecule has 180 valence electrons. The zero-order chi connectivity index (χ0) is 23.7. The van der Waals surface area contributed by atoms with E-state index in [1.54, 1.807) is 0 Å². The third kappa shape index (κ3) is 4.68. The average Bonchev–Trinajstić information content (AvgIpc) is 3.35. The Balaban J connectivity index is 1.37. The summed E-state index contributed by atoms with van der Waals surface area (Å²) in [5, 5.41) is 25.5. The standard InChI is InChI=1S/C22H24Cl2FN7O2/c23-15-1-2-16(25)19(24)14(15)12-32-8-5-26-21-18(32)11-17(28-29-21)20-27-22(34-30-20)13-3-6-31(7-4-13)9-10-33/h1-2,11,13,33H,3-10,12H2,(H,26,29). The Kier molecular flexibility index (Phi) is 6.82. The minimum atomic E-state index is -0.508. The lowest BCUT2D eigenvalue weighted by atomic mass is 9.97. The Morgan fingerprint density at radius 3 is 2.79 bits per heavy atom. The lowest BCUT2D eigenvalue weighted by Gasteiger charge is -2.31. The van der Waals surface area contributed by atoms with E-state index in [1.165, 1.54) is 12.1 Å². The number of aliphatic hydroxyl groups is 1. The van der Waals surface area contributed by atoms with Crippen molar-refractivity contribution in [3.05, 3.63) is 45.5 Å². The second kappa shape index (κ2) is 9.99. The number of halogens is 3. The van der Waals surface area contributed by atoms with Gasteiger partial charge in [0.25, 0.3) is 0 Å². The van der Waals surface area contributed by atoms with Crippen LogP contribution in [0.1, 0.15) is 30.2 Å². The fourth-order valence-electron chi connectivity index (χ4n) is 4.41. The van der Waals surface area contributed by atoms with Crippen molar-refractivity contribution in [2.24, 2.45) is 0 Å². The summed E-state index contributed by atoms with van der Waals surface area (Å²) in [4.78, 5) is 8.84. The van der Waals surface area contributed by atoms with Crippen LogP contribution in [0.4, 0.5) is 15.9 Å². The summed E-state index contributed by atoms with van der Waals surface area (Å²) in [6.45, 7) is 4.22. The molecule has 1 saturated heterocycles. The Bertz CT molecular complexity index is 1170. The van der Waals surface area contributed by atoms with E-state index in [2.05, 4.69) is 30.6 Å². The number of β-amino-alcohol motifs (C(OH)–C–C–N with tert-alkyl or cyclic N) is 1. The summed E-state index contributed by atoms with van der Waals surface area (Å²) in [5.41, 5.74) is 1.77. The number of hydrogen-bond donors (Lipinski definition) is 2. The van der Waals surface area contributed by atoms with Gasteiger partial charge in [0, 0.05) is 42.7 Å². The Hall–Kier alpha value is -2.53. The molecule has 12 heteroatoms. The first kappa shape index (κ1) is 23.2. The van der Waals surface area contributed by atoms with Gasteiger partial charge in [-0.1, -0.05) is 28.4 Å². The molecule has 0 aliphatic carbocycles. The van der Waals surface area contributed by atoms with Crippen molar-refractivity contribution >= 4 is 34.7 Å². The van der Waals surface area contributed by atoms with Gasteiger partial charge in [-0.05, 0) is 44.1 Å². The molecule has 0 amide bonds. The van der Waals surface area contributed by atoms with Crippen molar-refractivity contribution in [2.75, 3.05) is 49.5 Å². The third-order valence-electron chi connectivity index (χ3n) is 6.30. The molecule has 0 atom stereocenters. The Labute approximate surface area is 205 Å². The van der Waals surface area contributed by atoms with Crippen LogP contribution in [0.25, 0.3) is 11.5 Å². The smallest absolute Gasteiger partial charge is 0.230 e. The van der Waals surface area contributed by atoms with Gasteiger partial charge in [-0.3, -0.25) is 0 Å². The monoisotopic (exact) mass is 507 g/mol. The van der Waals surface area contributed by atoms with Gasteiger partial charge < -0.3 is 24.7 Å². The number of rotatable bonds is 6. The summed E-state index contributed by atoms with van der Waals surface area (Å²) in [7, 11) is 0. The van der Waals surface area contributed by atoms with Gasteiger partial charge in [-0.2, -0.15) is 4.98 Å². The predicted molar refractivity (Wildman–Crippen MR) is 127 cm³/mol. The second-order valence-corrected chi connectivity index (χ2v) is 9.21. The van der Waals surface area contributed by atoms with Gasteiger partial charge in [-0.25, -0.2) is 4.39 Å². The molecule has 0 bridgehead atoms. The average molecular weight is 508 g/mol. The van der Waals surface area contributed by atoms with Crippen molar-refractivity contribution in [1.29, 1.82) is 0 Å². The largest absolute Gasteiger partial charge is 0.395 e. The molecule has 1 aromatic carbocycles. The molecule has 0 saturated carbocycles. The number of aliphatic hydroxyl groups excluding tert-OH is 1. The van der Waals surface area contributed by atoms with E-state index in [4.69, 9.17) is 32.8 Å². The van der Waals surface area contributed by atoms with E-state index in [0.717, 1.165) is 31.6 Å². The highest BCUT2D eigenvalue weighted by atomic mass is 35.5. The van der Waals surface area contributed by atoms with Crippen LogP contribution in [0, 0.1) is 5.82 Å². The molecule has 1 fully saturated rings. The fourth-order valence-corrected chi connectivity index (χ4v) is 4.90. The number of nitrogens with one attached hydrogen (secondary N) is 1. The molecule has 2 N–H and O–H groups in total. The van der Waals surface area contributed by atoms with Crippen LogP contribution in [0.5, 0.6) is 0 Å². The van der Waals surface area contributed by atoms with Crippen LogP contribution < -0.4 is 10.2 Å². The van der Waals surface area contributed by atoms with E-state index in [0.29, 0.717) is 60.0 Å². The molecule has 3 aromatic rings. The van der Waals surface area contributed by atoms with Crippen LogP contribution in [-0.4, -0.2) is 69.7 Å². The SMILES string of the molecule is OCCN1CCC(c2nc(-c3cc4c(nn3)NCCN4Cc3c(Cl)ccc(F)c3Cl)no2)CC1. The molecule has 5 rings (SSSR count). The summed E-state index contributed by atoms with van der Waals surface area (Å²) < 4.78 is 19.6. The number of likely N-dealkylation sites (tertiary alicyclic amines) is 1. The lowest BCUT2D eigenvalue weighted by molar-refractivity contribution is 0.156. The van der Waals surface area contributed by atoms with Crippen molar-refractivity contribution in [1.82, 2.24) is 25.2 Å². The first-order valence-electron chi connectivity index (χ1n) is 11.2. The van der Waals surface area contributed by atoms with Crippen LogP contribution in [0.15, 0.2) is 22.7 Å². The zero-order valence-electron chi connectivity index (χ0n) is 18.3. The second-order valence-electron chi connectivity index (χ2n) is 8.43. The van der Waals surface area contributed by atoms with E-state index >= 15 is 0 Å². The van der Waals surface area contributed by atoms with Gasteiger partial charge >= 0.3 is 0 Å². The summed E-state index contributed by atoms with van der Waals surface area (Å²) in [6, 6.07) is 4.61. The minimum absolute atomic E-state index is 0.0164. The summed E-state index contributed by atoms with van der Waals surface area (Å²) in [6.07, 6.45) is 1.79. The van der Waals surface area contributed by atoms with E-state index < -0.39 is 5.82 Å². The van der Waals surface area contributed by atoms with Gasteiger partial charge in [-0.15, -0.1) is 10.2 Å². The quantitative estimate of drug-likeness (QED) is 0.484. The minimum Gasteiger partial charge on any atom is -0.395 e. The molecule has 9 nitrogen and oxygen atoms in total. The number of hydrogen-bond acceptors (Lipinski definition) is 9. The maximum Gasteiger partial charge on any atom is 0.230 e. The summed E-state index contributed by atoms with van der Waals surface area (Å²) in [5.74, 6) is 1.24. The van der Waals surface area contributed by atoms with Gasteiger partial charge in [0.05, 0.1) is 17.3 Å². The van der Waals surface area contributed by atoms with Crippen LogP contribution >= 0.6 is 23.2 Å². The lowest BCUT2D eigenvalue weighted by Crippen LogP contribution is -2.35. The predicted octanol–water partition coefficient (Wildman–Crippen LogP) is 3.58. The number of piperidine rings is 1. The first-order chi connectivity index (χ1) is 16.5. The molecule has 2 aromatic heterocycles. The molecule has 34 heavy (non-hydrogen) atoms. The first-order valence-corrected chi connectivity index (χ1v) is 11.9. The van der Waals surface area contributed by atoms with Gasteiger partial charge in [0.1, 0.15) is 11.5 Å². The highest BCUT2D eigenvalue weighted by Crippen LogP contribution is 2.35. The molecule has 0 radical (unpaired) electrons. The molecule has 0 unspecified atom stereocenters. The maximum atomic E-state index is 14.0. The number of benzene rings is 1. The highest BCUT2D eigenvalue weighted by Gasteiger charge is 2.27. The topological polar surface area (TPSA) is 103 Å². The normalized spacial score (nSPS) is 17.0. The van der Waals surface area contributed by atoms with Gasteiger partial charge in [0.2, 0.25) is 11.7 Å². The highest BCUT2D eigenvalue weighted by molar-refractivity contribution is 6.36. The maximum absolute atomic E-state index is 14.0. The van der Waals surface area contributed by atoms with E-state index in [-0.39, 0.29) is 17.5 Å². The zero-order valence-corrected chi connectivity index (χ0v) is 19.9. The molecule has 4 heterocycles. The summed E-state index contributed by atoms with van der Waals surface area (Å²) >= 11 is 12.5. The Morgan fingerprint density at radius 2 is 2.00 bits per heavy atom. The Morgan fingerprint density at radius 1 is 1.18 bits per heavy atom. The molecular weight excluding hydrogens is 484 g/mol. The van der Waals surface area contributed by atoms with E-state index in [1.807, 2.05) is 11.0 Å². The van der Waals surface area contributed by atoms with Crippen LogP contribution in [0.3, 0.4) is 0 Å². The molecule has 2 aliphatic heterocycles. The van der Waals surface area contributed by atoms with Crippen molar-refractivity contribution in [2.45, 2.75) is 25.3 Å². The molecule has 0 spiro atoms. The molecular formula is C22H24Cl2FN7O2. The number of fused-ring (bicyclic) bond motifs is 1. The van der Waals surface area contributed by atoms with Gasteiger partial charge in [0.15, 0.2) is 5.82 Å². The number of anilines is 2.